The summed E-state index contributed by atoms with van der Waals surface area (Å²) in [6, 6.07) is 1.39. The average molecular weight is 312 g/mol. The van der Waals surface area contributed by atoms with Crippen LogP contribution in [0.1, 0.15) is 17.3 Å². The molecule has 1 atom stereocenters. The van der Waals surface area contributed by atoms with Crippen LogP contribution in [0.3, 0.4) is 0 Å². The zero-order valence-corrected chi connectivity index (χ0v) is 11.9. The molecule has 0 aliphatic carbocycles. The average Bonchev–Trinajstić information content (AvgIpc) is 2.57. The number of carbonyl (C=O) groups excluding carboxylic acids is 1. The Morgan fingerprint density at radius 2 is 2.17 bits per heavy atom. The molecule has 0 radical (unpaired) electrons. The van der Waals surface area contributed by atoms with Crippen LogP contribution in [0.15, 0.2) is 6.07 Å². The molecule has 18 heavy (non-hydrogen) atoms. The van der Waals surface area contributed by atoms with E-state index < -0.39 is 17.4 Å². The van der Waals surface area contributed by atoms with Crippen molar-refractivity contribution in [2.75, 3.05) is 13.7 Å². The maximum atomic E-state index is 11.9. The molecule has 8 heteroatoms. The largest absolute Gasteiger partial charge is 0.479 e. The van der Waals surface area contributed by atoms with Crippen molar-refractivity contribution in [1.29, 1.82) is 0 Å². The van der Waals surface area contributed by atoms with Gasteiger partial charge in [0.2, 0.25) is 0 Å². The quantitative estimate of drug-likeness (QED) is 0.874. The number of rotatable bonds is 5. The van der Waals surface area contributed by atoms with Gasteiger partial charge in [-0.15, -0.1) is 11.3 Å². The van der Waals surface area contributed by atoms with Crippen LogP contribution in [0.5, 0.6) is 0 Å². The van der Waals surface area contributed by atoms with Crippen LogP contribution in [0.4, 0.5) is 0 Å². The standard InChI is InChI=1S/C10H11Cl2NO4S/c1-10(4-17-2,9(15)16)13-8(14)5-3-6(11)18-7(5)12/h3H,4H2,1-2H3,(H,13,14)(H,15,16). The van der Waals surface area contributed by atoms with Crippen molar-refractivity contribution in [2.45, 2.75) is 12.5 Å². The lowest BCUT2D eigenvalue weighted by atomic mass is 10.0. The topological polar surface area (TPSA) is 75.6 Å². The number of ether oxygens (including phenoxy) is 1. The van der Waals surface area contributed by atoms with Crippen molar-refractivity contribution in [2.24, 2.45) is 0 Å². The maximum Gasteiger partial charge on any atom is 0.331 e. The van der Waals surface area contributed by atoms with Gasteiger partial charge in [-0.25, -0.2) is 4.79 Å². The normalized spacial score (nSPS) is 14.0. The number of thiophene rings is 1. The summed E-state index contributed by atoms with van der Waals surface area (Å²) >= 11 is 12.6. The first-order valence-corrected chi connectivity index (χ1v) is 6.37. The van der Waals surface area contributed by atoms with Crippen LogP contribution in [0.25, 0.3) is 0 Å². The molecule has 1 rings (SSSR count). The highest BCUT2D eigenvalue weighted by Gasteiger charge is 2.35. The first-order valence-electron chi connectivity index (χ1n) is 4.80. The Morgan fingerprint density at radius 1 is 1.56 bits per heavy atom. The van der Waals surface area contributed by atoms with Crippen molar-refractivity contribution in [3.8, 4) is 0 Å². The van der Waals surface area contributed by atoms with Crippen LogP contribution in [0.2, 0.25) is 8.67 Å². The Bertz CT molecular complexity index is 476. The van der Waals surface area contributed by atoms with E-state index in [2.05, 4.69) is 5.32 Å². The molecule has 1 amide bonds. The smallest absolute Gasteiger partial charge is 0.331 e. The number of aliphatic carboxylic acids is 1. The van der Waals surface area contributed by atoms with Gasteiger partial charge < -0.3 is 15.2 Å². The van der Waals surface area contributed by atoms with Gasteiger partial charge in [0, 0.05) is 7.11 Å². The van der Waals surface area contributed by atoms with E-state index in [0.29, 0.717) is 4.34 Å². The fourth-order valence-corrected chi connectivity index (χ4v) is 2.71. The number of halogens is 2. The molecule has 0 saturated heterocycles. The van der Waals surface area contributed by atoms with Crippen LogP contribution in [0, 0.1) is 0 Å². The Labute approximate surface area is 118 Å². The van der Waals surface area contributed by atoms with Crippen molar-refractivity contribution in [3.63, 3.8) is 0 Å². The lowest BCUT2D eigenvalue weighted by Gasteiger charge is -2.25. The van der Waals surface area contributed by atoms with E-state index in [1.54, 1.807) is 0 Å². The molecule has 0 aliphatic heterocycles. The number of methoxy groups -OCH3 is 1. The fourth-order valence-electron chi connectivity index (χ4n) is 1.25. The minimum atomic E-state index is -1.52. The molecule has 0 bridgehead atoms. The summed E-state index contributed by atoms with van der Waals surface area (Å²) in [4.78, 5) is 23.0. The molecule has 100 valence electrons. The van der Waals surface area contributed by atoms with Crippen LogP contribution in [-0.4, -0.2) is 36.2 Å². The first-order chi connectivity index (χ1) is 8.30. The van der Waals surface area contributed by atoms with Gasteiger partial charge in [-0.3, -0.25) is 4.79 Å². The third-order valence-corrected chi connectivity index (χ3v) is 3.68. The number of hydrogen-bond donors (Lipinski definition) is 2. The highest BCUT2D eigenvalue weighted by molar-refractivity contribution is 7.20. The SMILES string of the molecule is COCC(C)(NC(=O)c1cc(Cl)sc1Cl)C(=O)O. The second kappa shape index (κ2) is 5.88. The molecule has 0 aromatic carbocycles. The monoisotopic (exact) mass is 311 g/mol. The van der Waals surface area contributed by atoms with Crippen molar-refractivity contribution >= 4 is 46.4 Å². The number of amides is 1. The summed E-state index contributed by atoms with van der Waals surface area (Å²) in [5.74, 6) is -1.81. The van der Waals surface area contributed by atoms with Gasteiger partial charge in [-0.1, -0.05) is 23.2 Å². The van der Waals surface area contributed by atoms with Crippen LogP contribution in [-0.2, 0) is 9.53 Å². The summed E-state index contributed by atoms with van der Waals surface area (Å²) in [6.07, 6.45) is 0. The molecule has 0 spiro atoms. The van der Waals surface area contributed by atoms with Gasteiger partial charge >= 0.3 is 5.97 Å². The van der Waals surface area contributed by atoms with Crippen molar-refractivity contribution < 1.29 is 19.4 Å². The van der Waals surface area contributed by atoms with Gasteiger partial charge in [0.05, 0.1) is 16.5 Å². The summed E-state index contributed by atoms with van der Waals surface area (Å²) < 4.78 is 5.35. The van der Waals surface area contributed by atoms with E-state index in [1.165, 1.54) is 20.1 Å². The van der Waals surface area contributed by atoms with E-state index in [0.717, 1.165) is 11.3 Å². The number of carboxylic acid groups (broad SMARTS) is 1. The summed E-state index contributed by atoms with van der Waals surface area (Å²) in [5.41, 5.74) is -1.38. The Balaban J connectivity index is 2.92. The minimum Gasteiger partial charge on any atom is -0.479 e. The second-order valence-electron chi connectivity index (χ2n) is 3.76. The third kappa shape index (κ3) is 3.35. The van der Waals surface area contributed by atoms with Crippen molar-refractivity contribution in [1.82, 2.24) is 5.32 Å². The number of carbonyl (C=O) groups is 2. The second-order valence-corrected chi connectivity index (χ2v) is 6.05. The van der Waals surface area contributed by atoms with Gasteiger partial charge in [0.1, 0.15) is 4.34 Å². The molecule has 5 nitrogen and oxygen atoms in total. The van der Waals surface area contributed by atoms with E-state index in [1.807, 2.05) is 0 Å². The molecule has 2 N–H and O–H groups in total. The van der Waals surface area contributed by atoms with Gasteiger partial charge in [0.15, 0.2) is 5.54 Å². The molecule has 1 aromatic heterocycles. The van der Waals surface area contributed by atoms with Crippen LogP contribution >= 0.6 is 34.5 Å². The van der Waals surface area contributed by atoms with E-state index >= 15 is 0 Å². The maximum absolute atomic E-state index is 11.9. The summed E-state index contributed by atoms with van der Waals surface area (Å²) in [7, 11) is 1.35. The van der Waals surface area contributed by atoms with E-state index in [-0.39, 0.29) is 16.5 Å². The van der Waals surface area contributed by atoms with Crippen LogP contribution < -0.4 is 5.32 Å². The molecule has 0 saturated carbocycles. The highest BCUT2D eigenvalue weighted by atomic mass is 35.5. The molecular formula is C10H11Cl2NO4S. The van der Waals surface area contributed by atoms with Gasteiger partial charge in [-0.05, 0) is 13.0 Å². The third-order valence-electron chi connectivity index (χ3n) is 2.20. The number of carboxylic acids is 1. The zero-order chi connectivity index (χ0) is 13.9. The van der Waals surface area contributed by atoms with E-state index in [9.17, 15) is 9.59 Å². The highest BCUT2D eigenvalue weighted by Crippen LogP contribution is 2.31. The molecule has 0 aliphatic rings. The fraction of sp³-hybridized carbons (Fsp3) is 0.400. The van der Waals surface area contributed by atoms with E-state index in [4.69, 9.17) is 33.0 Å². The predicted molar refractivity (Wildman–Crippen MR) is 69.7 cm³/mol. The van der Waals surface area contributed by atoms with Gasteiger partial charge in [-0.2, -0.15) is 0 Å². The number of hydrogen-bond acceptors (Lipinski definition) is 4. The lowest BCUT2D eigenvalue weighted by Crippen LogP contribution is -2.55. The molecule has 1 aromatic rings. The van der Waals surface area contributed by atoms with Gasteiger partial charge in [0.25, 0.3) is 5.91 Å². The zero-order valence-electron chi connectivity index (χ0n) is 9.62. The molecule has 1 heterocycles. The Kier molecular flexibility index (Phi) is 4.98. The molecule has 0 fully saturated rings. The van der Waals surface area contributed by atoms with Crippen molar-refractivity contribution in [3.05, 3.63) is 20.3 Å². The predicted octanol–water partition coefficient (Wildman–Crippen LogP) is 2.27. The Hall–Kier alpha value is -0.820. The Morgan fingerprint density at radius 3 is 2.56 bits per heavy atom. The summed E-state index contributed by atoms with van der Waals surface area (Å²) in [5, 5.41) is 11.4. The molecule has 1 unspecified atom stereocenters. The summed E-state index contributed by atoms with van der Waals surface area (Å²) in [6.45, 7) is 1.18. The lowest BCUT2D eigenvalue weighted by molar-refractivity contribution is -0.145. The minimum absolute atomic E-state index is 0.148. The number of nitrogens with one attached hydrogen (secondary N) is 1. The first kappa shape index (κ1) is 15.2. The molecular weight excluding hydrogens is 301 g/mol.